The number of rotatable bonds is 5. The standard InChI is InChI=1S/C26H27N7S/c1-3-18-5-4-6-19(15-18)29-25-23-20-7-8-22-21(24(20)34-26(23)28-17-27-25)16-33(30-22)14-13-32-11-9-31(2)10-12-32/h1,4-6,15-17H,7-14H2,2H3,(H,27,28,29). The summed E-state index contributed by atoms with van der Waals surface area (Å²) in [6, 6.07) is 7.86. The van der Waals surface area contributed by atoms with Gasteiger partial charge in [0.2, 0.25) is 0 Å². The third-order valence-corrected chi connectivity index (χ3v) is 7.99. The Balaban J connectivity index is 1.28. The average molecular weight is 470 g/mol. The average Bonchev–Trinajstić information content (AvgIpc) is 3.45. The molecule has 6 rings (SSSR count). The zero-order valence-corrected chi connectivity index (χ0v) is 20.1. The van der Waals surface area contributed by atoms with E-state index in [2.05, 4.69) is 48.9 Å². The van der Waals surface area contributed by atoms with Gasteiger partial charge in [-0.15, -0.1) is 17.8 Å². The molecule has 1 saturated heterocycles. The van der Waals surface area contributed by atoms with E-state index >= 15 is 0 Å². The summed E-state index contributed by atoms with van der Waals surface area (Å²) >= 11 is 1.74. The van der Waals surface area contributed by atoms with Gasteiger partial charge in [-0.1, -0.05) is 12.0 Å². The van der Waals surface area contributed by atoms with Crippen molar-refractivity contribution in [3.8, 4) is 22.8 Å². The first-order valence-electron chi connectivity index (χ1n) is 11.8. The van der Waals surface area contributed by atoms with Gasteiger partial charge in [0.05, 0.1) is 17.6 Å². The number of nitrogens with one attached hydrogen (secondary N) is 1. The molecule has 0 atom stereocenters. The molecule has 0 amide bonds. The first-order valence-corrected chi connectivity index (χ1v) is 12.6. The van der Waals surface area contributed by atoms with Crippen LogP contribution >= 0.6 is 11.3 Å². The predicted molar refractivity (Wildman–Crippen MR) is 138 cm³/mol. The van der Waals surface area contributed by atoms with Crippen molar-refractivity contribution >= 4 is 33.1 Å². The summed E-state index contributed by atoms with van der Waals surface area (Å²) in [6.07, 6.45) is 11.3. The first kappa shape index (κ1) is 21.3. The topological polar surface area (TPSA) is 62.1 Å². The molecule has 0 spiro atoms. The highest BCUT2D eigenvalue weighted by Gasteiger charge is 2.26. The molecule has 0 radical (unpaired) electrons. The van der Waals surface area contributed by atoms with E-state index in [1.165, 1.54) is 21.7 Å². The number of likely N-dealkylation sites (N-methyl/N-ethyl adjacent to an activating group) is 1. The lowest BCUT2D eigenvalue weighted by molar-refractivity contribution is 0.148. The third-order valence-electron chi connectivity index (χ3n) is 6.81. The minimum absolute atomic E-state index is 0.836. The predicted octanol–water partition coefficient (Wildman–Crippen LogP) is 3.63. The Morgan fingerprint density at radius 2 is 2.00 bits per heavy atom. The highest BCUT2D eigenvalue weighted by Crippen LogP contribution is 2.45. The number of thiophene rings is 1. The number of fused-ring (bicyclic) bond motifs is 5. The second-order valence-corrected chi connectivity index (χ2v) is 10.1. The van der Waals surface area contributed by atoms with Gasteiger partial charge >= 0.3 is 0 Å². The first-order chi connectivity index (χ1) is 16.7. The molecule has 1 N–H and O–H groups in total. The van der Waals surface area contributed by atoms with E-state index in [9.17, 15) is 0 Å². The lowest BCUT2D eigenvalue weighted by Gasteiger charge is -2.32. The highest BCUT2D eigenvalue weighted by atomic mass is 32.1. The van der Waals surface area contributed by atoms with E-state index in [0.717, 1.165) is 79.4 Å². The van der Waals surface area contributed by atoms with Crippen LogP contribution in [0.3, 0.4) is 0 Å². The lowest BCUT2D eigenvalue weighted by atomic mass is 9.95. The maximum Gasteiger partial charge on any atom is 0.142 e. The summed E-state index contributed by atoms with van der Waals surface area (Å²) < 4.78 is 2.14. The number of aromatic nitrogens is 4. The van der Waals surface area contributed by atoms with E-state index < -0.39 is 0 Å². The van der Waals surface area contributed by atoms with E-state index in [0.29, 0.717) is 0 Å². The summed E-state index contributed by atoms with van der Waals surface area (Å²) in [5, 5.41) is 9.54. The Hall–Kier alpha value is -3.25. The minimum atomic E-state index is 0.836. The molecule has 1 fully saturated rings. The number of hydrogen-bond donors (Lipinski definition) is 1. The molecular formula is C26H27N7S. The van der Waals surface area contributed by atoms with Crippen LogP contribution in [0.1, 0.15) is 16.8 Å². The van der Waals surface area contributed by atoms with Crippen LogP contribution in [0.15, 0.2) is 36.8 Å². The van der Waals surface area contributed by atoms with Crippen LogP contribution < -0.4 is 5.32 Å². The third kappa shape index (κ3) is 3.96. The Labute approximate surface area is 203 Å². The molecule has 0 bridgehead atoms. The van der Waals surface area contributed by atoms with Crippen molar-refractivity contribution in [2.75, 3.05) is 45.1 Å². The SMILES string of the molecule is C#Cc1cccc(Nc2ncnc3sc4c(c23)CCc2nn(CCN3CCN(C)CC3)cc2-4)c1. The van der Waals surface area contributed by atoms with E-state index in [1.54, 1.807) is 17.7 Å². The van der Waals surface area contributed by atoms with Gasteiger partial charge in [-0.25, -0.2) is 9.97 Å². The second kappa shape index (κ2) is 8.84. The summed E-state index contributed by atoms with van der Waals surface area (Å²) in [5.74, 6) is 3.53. The molecule has 0 saturated carbocycles. The maximum absolute atomic E-state index is 5.58. The van der Waals surface area contributed by atoms with Crippen LogP contribution in [0.4, 0.5) is 11.5 Å². The molecule has 3 aromatic heterocycles. The number of piperazine rings is 1. The van der Waals surface area contributed by atoms with Gasteiger partial charge < -0.3 is 10.2 Å². The van der Waals surface area contributed by atoms with Crippen LogP contribution in [0.2, 0.25) is 0 Å². The molecule has 1 aliphatic heterocycles. The number of anilines is 2. The molecular weight excluding hydrogens is 442 g/mol. The van der Waals surface area contributed by atoms with Crippen LogP contribution in [0, 0.1) is 12.3 Å². The smallest absolute Gasteiger partial charge is 0.142 e. The summed E-state index contributed by atoms with van der Waals surface area (Å²) in [7, 11) is 2.20. The Kier molecular flexibility index (Phi) is 5.53. The lowest BCUT2D eigenvalue weighted by Crippen LogP contribution is -2.45. The van der Waals surface area contributed by atoms with Crippen molar-refractivity contribution in [1.82, 2.24) is 29.5 Å². The molecule has 7 nitrogen and oxygen atoms in total. The molecule has 2 aliphatic rings. The van der Waals surface area contributed by atoms with E-state index in [4.69, 9.17) is 11.5 Å². The van der Waals surface area contributed by atoms with Crippen LogP contribution in [-0.2, 0) is 19.4 Å². The monoisotopic (exact) mass is 469 g/mol. The highest BCUT2D eigenvalue weighted by molar-refractivity contribution is 7.22. The molecule has 1 aromatic carbocycles. The second-order valence-electron chi connectivity index (χ2n) is 9.06. The van der Waals surface area contributed by atoms with Gasteiger partial charge in [-0.3, -0.25) is 9.58 Å². The molecule has 8 heteroatoms. The molecule has 4 aromatic rings. The van der Waals surface area contributed by atoms with Crippen molar-refractivity contribution in [1.29, 1.82) is 0 Å². The van der Waals surface area contributed by atoms with Crippen molar-refractivity contribution in [3.63, 3.8) is 0 Å². The zero-order valence-electron chi connectivity index (χ0n) is 19.3. The fourth-order valence-electron chi connectivity index (χ4n) is 4.87. The minimum Gasteiger partial charge on any atom is -0.340 e. The van der Waals surface area contributed by atoms with E-state index in [1.807, 2.05) is 24.3 Å². The molecule has 4 heterocycles. The fraction of sp³-hybridized carbons (Fsp3) is 0.346. The normalized spacial score (nSPS) is 16.2. The van der Waals surface area contributed by atoms with Crippen molar-refractivity contribution in [3.05, 3.63) is 53.6 Å². The van der Waals surface area contributed by atoms with Crippen molar-refractivity contribution < 1.29 is 0 Å². The van der Waals surface area contributed by atoms with Gasteiger partial charge in [-0.2, -0.15) is 5.10 Å². The Morgan fingerprint density at radius 1 is 1.12 bits per heavy atom. The molecule has 34 heavy (non-hydrogen) atoms. The number of aryl methyl sites for hydroxylation is 2. The van der Waals surface area contributed by atoms with Gasteiger partial charge in [0.1, 0.15) is 17.0 Å². The Bertz CT molecular complexity index is 1390. The van der Waals surface area contributed by atoms with E-state index in [-0.39, 0.29) is 0 Å². The van der Waals surface area contributed by atoms with Gasteiger partial charge in [0.15, 0.2) is 0 Å². The van der Waals surface area contributed by atoms with Crippen molar-refractivity contribution in [2.24, 2.45) is 0 Å². The molecule has 1 aliphatic carbocycles. The zero-order chi connectivity index (χ0) is 23.1. The Morgan fingerprint density at radius 3 is 2.85 bits per heavy atom. The van der Waals surface area contributed by atoms with Crippen LogP contribution in [0.5, 0.6) is 0 Å². The number of terminal acetylenes is 1. The summed E-state index contributed by atoms with van der Waals surface area (Å²) in [4.78, 5) is 16.4. The molecule has 172 valence electrons. The number of nitrogens with zero attached hydrogens (tertiary/aromatic N) is 6. The largest absolute Gasteiger partial charge is 0.340 e. The van der Waals surface area contributed by atoms with Crippen LogP contribution in [-0.4, -0.2) is 69.3 Å². The van der Waals surface area contributed by atoms with Crippen molar-refractivity contribution in [2.45, 2.75) is 19.4 Å². The summed E-state index contributed by atoms with van der Waals surface area (Å²) in [5.41, 5.74) is 5.55. The maximum atomic E-state index is 5.58. The van der Waals surface area contributed by atoms with Gasteiger partial charge in [0, 0.05) is 60.6 Å². The quantitative estimate of drug-likeness (QED) is 0.451. The number of benzene rings is 1. The van der Waals surface area contributed by atoms with Gasteiger partial charge in [0.25, 0.3) is 0 Å². The van der Waals surface area contributed by atoms with Gasteiger partial charge in [-0.05, 0) is 43.7 Å². The van der Waals surface area contributed by atoms with Crippen LogP contribution in [0.25, 0.3) is 20.7 Å². The fourth-order valence-corrected chi connectivity index (χ4v) is 6.10. The summed E-state index contributed by atoms with van der Waals surface area (Å²) in [6.45, 7) is 6.53. The molecule has 0 unspecified atom stereocenters. The number of hydrogen-bond acceptors (Lipinski definition) is 7.